The molecule has 1 N–H and O–H groups in total. The molecule has 1 saturated heterocycles. The zero-order valence-electron chi connectivity index (χ0n) is 27.3. The number of aliphatic hydroxyl groups is 1. The Morgan fingerprint density at radius 3 is 2.64 bits per heavy atom. The second-order valence-corrected chi connectivity index (χ2v) is 14.4. The number of allylic oxidation sites excluding steroid dienone is 4. The van der Waals surface area contributed by atoms with Gasteiger partial charge in [0.15, 0.2) is 12.1 Å². The first kappa shape index (κ1) is 31.6. The van der Waals surface area contributed by atoms with Gasteiger partial charge in [0.2, 0.25) is 0 Å². The highest BCUT2D eigenvalue weighted by Gasteiger charge is 2.62. The van der Waals surface area contributed by atoms with Gasteiger partial charge in [0.25, 0.3) is 0 Å². The number of ether oxygens (including phenoxy) is 2. The molecule has 1 aliphatic heterocycles. The predicted molar refractivity (Wildman–Crippen MR) is 176 cm³/mol. The molecule has 5 aliphatic rings. The van der Waals surface area contributed by atoms with Crippen LogP contribution in [0.5, 0.6) is 0 Å². The van der Waals surface area contributed by atoms with Gasteiger partial charge >= 0.3 is 0 Å². The molecule has 0 bridgehead atoms. The van der Waals surface area contributed by atoms with Crippen LogP contribution in [0.4, 0.5) is 5.69 Å². The lowest BCUT2D eigenvalue weighted by atomic mass is 9.51. The monoisotopic (exact) mass is 599 g/mol. The molecular formula is C39H53NO4. The molecule has 4 aliphatic carbocycles. The van der Waals surface area contributed by atoms with Crippen LogP contribution in [0.15, 0.2) is 47.1 Å². The van der Waals surface area contributed by atoms with Crippen LogP contribution in [0.3, 0.4) is 0 Å². The third kappa shape index (κ3) is 6.20. The molecule has 0 radical (unpaired) electrons. The Labute approximate surface area is 265 Å². The van der Waals surface area contributed by atoms with E-state index in [0.717, 1.165) is 77.5 Å². The highest BCUT2D eigenvalue weighted by molar-refractivity contribution is 5.93. The van der Waals surface area contributed by atoms with Gasteiger partial charge in [-0.15, -0.1) is 5.92 Å². The minimum Gasteiger partial charge on any atom is -0.377 e. The number of nitrogens with zero attached hydrogens (tertiary/aromatic N) is 1. The third-order valence-corrected chi connectivity index (χ3v) is 11.8. The van der Waals surface area contributed by atoms with E-state index in [4.69, 9.17) is 9.47 Å². The second-order valence-electron chi connectivity index (χ2n) is 14.4. The van der Waals surface area contributed by atoms with Crippen LogP contribution in [-0.2, 0) is 14.3 Å². The van der Waals surface area contributed by atoms with E-state index >= 15 is 0 Å². The van der Waals surface area contributed by atoms with Crippen molar-refractivity contribution in [2.75, 3.05) is 31.7 Å². The van der Waals surface area contributed by atoms with Gasteiger partial charge < -0.3 is 19.5 Å². The number of ketones is 1. The Balaban J connectivity index is 1.13. The molecule has 1 heterocycles. The maximum Gasteiger partial charge on any atom is 0.157 e. The quantitative estimate of drug-likeness (QED) is 0.219. The van der Waals surface area contributed by atoms with Gasteiger partial charge in [0, 0.05) is 50.2 Å². The van der Waals surface area contributed by atoms with Crippen molar-refractivity contribution in [3.63, 3.8) is 0 Å². The maximum absolute atomic E-state index is 12.4. The van der Waals surface area contributed by atoms with Crippen molar-refractivity contribution >= 4 is 11.5 Å². The summed E-state index contributed by atoms with van der Waals surface area (Å²) in [4.78, 5) is 14.7. The summed E-state index contributed by atoms with van der Waals surface area (Å²) in [5, 5.41) is 11.9. The molecule has 1 aromatic rings. The SMILES string of the molecule is CC#C[C@]1(O)CC[C@H]2[C@@H]3CCC4=CC(=O)CCC4=C3[C@@H](c3ccc(N(C)CCCCCCOC4CCCCO4)cc3)C[C@@]21C. The van der Waals surface area contributed by atoms with Crippen LogP contribution in [0.25, 0.3) is 0 Å². The van der Waals surface area contributed by atoms with Gasteiger partial charge in [0.05, 0.1) is 0 Å². The predicted octanol–water partition coefficient (Wildman–Crippen LogP) is 7.88. The van der Waals surface area contributed by atoms with Crippen LogP contribution in [0.2, 0.25) is 0 Å². The summed E-state index contributed by atoms with van der Waals surface area (Å²) in [6.07, 6.45) is 16.3. The molecule has 0 spiro atoms. The number of carbonyl (C=O) groups excluding carboxylic acids is 1. The molecule has 5 heteroatoms. The number of rotatable bonds is 10. The van der Waals surface area contributed by atoms with E-state index in [1.54, 1.807) is 5.57 Å². The number of hydrogen-bond donors (Lipinski definition) is 1. The molecule has 1 aromatic carbocycles. The number of hydrogen-bond acceptors (Lipinski definition) is 5. The molecule has 3 fully saturated rings. The highest BCUT2D eigenvalue weighted by Crippen LogP contribution is 2.66. The van der Waals surface area contributed by atoms with Crippen LogP contribution in [0.1, 0.15) is 115 Å². The average molecular weight is 600 g/mol. The fraction of sp³-hybridized carbons (Fsp3) is 0.667. The Kier molecular flexibility index (Phi) is 9.72. The molecule has 6 atom stereocenters. The lowest BCUT2D eigenvalue weighted by Crippen LogP contribution is -2.51. The van der Waals surface area contributed by atoms with Crippen LogP contribution < -0.4 is 4.90 Å². The molecule has 0 aromatic heterocycles. The smallest absolute Gasteiger partial charge is 0.157 e. The van der Waals surface area contributed by atoms with Crippen molar-refractivity contribution in [1.29, 1.82) is 0 Å². The molecule has 44 heavy (non-hydrogen) atoms. The fourth-order valence-corrected chi connectivity index (χ4v) is 9.33. The van der Waals surface area contributed by atoms with E-state index < -0.39 is 5.60 Å². The van der Waals surface area contributed by atoms with Crippen LogP contribution in [-0.4, -0.2) is 49.6 Å². The Morgan fingerprint density at radius 1 is 1.05 bits per heavy atom. The summed E-state index contributed by atoms with van der Waals surface area (Å²) < 4.78 is 11.6. The van der Waals surface area contributed by atoms with Crippen LogP contribution in [0, 0.1) is 29.1 Å². The van der Waals surface area contributed by atoms with Gasteiger partial charge in [0.1, 0.15) is 5.60 Å². The summed E-state index contributed by atoms with van der Waals surface area (Å²) >= 11 is 0. The Bertz CT molecular complexity index is 1310. The van der Waals surface area contributed by atoms with Crippen molar-refractivity contribution in [3.05, 3.63) is 52.6 Å². The van der Waals surface area contributed by atoms with Crippen molar-refractivity contribution < 1.29 is 19.4 Å². The average Bonchev–Trinajstić information content (AvgIpc) is 3.30. The number of benzene rings is 1. The zero-order valence-corrected chi connectivity index (χ0v) is 27.3. The van der Waals surface area contributed by atoms with E-state index in [9.17, 15) is 9.90 Å². The van der Waals surface area contributed by atoms with Crippen LogP contribution >= 0.6 is 0 Å². The topological polar surface area (TPSA) is 59.0 Å². The number of unbranched alkanes of at least 4 members (excludes halogenated alkanes) is 3. The maximum atomic E-state index is 12.4. The Morgan fingerprint density at radius 2 is 1.86 bits per heavy atom. The van der Waals surface area contributed by atoms with Crippen molar-refractivity contribution in [3.8, 4) is 11.8 Å². The number of anilines is 1. The standard InChI is InChI=1S/C39H53NO4/c1-4-21-39(42)22-20-35-33-18-14-29-26-31(41)17-19-32(29)37(33)34(27-38(35,39)2)28-12-15-30(16-13-28)40(3)23-8-5-6-9-24-43-36-11-7-10-25-44-36/h12-13,15-16,26,33-36,42H,5-11,14,17-20,22-25,27H2,1-3H3/t33-,34+,35-,36?,38-,39-/m0/s1. The van der Waals surface area contributed by atoms with E-state index in [-0.39, 0.29) is 23.4 Å². The van der Waals surface area contributed by atoms with Gasteiger partial charge in [-0.2, -0.15) is 0 Å². The lowest BCUT2D eigenvalue weighted by Gasteiger charge is -2.53. The van der Waals surface area contributed by atoms with Gasteiger partial charge in [-0.25, -0.2) is 0 Å². The molecule has 5 nitrogen and oxygen atoms in total. The van der Waals surface area contributed by atoms with Crippen molar-refractivity contribution in [2.24, 2.45) is 17.3 Å². The summed E-state index contributed by atoms with van der Waals surface area (Å²) in [7, 11) is 2.20. The van der Waals surface area contributed by atoms with Gasteiger partial charge in [-0.05, 0) is 124 Å². The fourth-order valence-electron chi connectivity index (χ4n) is 9.33. The zero-order chi connectivity index (χ0) is 30.7. The lowest BCUT2D eigenvalue weighted by molar-refractivity contribution is -0.162. The summed E-state index contributed by atoms with van der Waals surface area (Å²) in [5.41, 5.74) is 5.73. The highest BCUT2D eigenvalue weighted by atomic mass is 16.7. The molecule has 0 amide bonds. The first-order chi connectivity index (χ1) is 21.3. The van der Waals surface area contributed by atoms with E-state index in [0.29, 0.717) is 18.3 Å². The minimum absolute atomic E-state index is 0.0245. The molecular weight excluding hydrogens is 546 g/mol. The van der Waals surface area contributed by atoms with Gasteiger partial charge in [-0.1, -0.05) is 43.4 Å². The number of fused-ring (bicyclic) bond motifs is 4. The molecule has 238 valence electrons. The van der Waals surface area contributed by atoms with Crippen molar-refractivity contribution in [1.82, 2.24) is 0 Å². The normalized spacial score (nSPS) is 33.1. The third-order valence-electron chi connectivity index (χ3n) is 11.8. The van der Waals surface area contributed by atoms with E-state index in [2.05, 4.69) is 55.0 Å². The first-order valence-corrected chi connectivity index (χ1v) is 17.5. The minimum atomic E-state index is -0.935. The summed E-state index contributed by atoms with van der Waals surface area (Å²) in [6, 6.07) is 9.25. The van der Waals surface area contributed by atoms with Gasteiger partial charge in [-0.3, -0.25) is 4.79 Å². The van der Waals surface area contributed by atoms with E-state index in [1.807, 2.05) is 13.0 Å². The first-order valence-electron chi connectivity index (χ1n) is 17.5. The van der Waals surface area contributed by atoms with E-state index in [1.165, 1.54) is 48.1 Å². The number of carbonyl (C=O) groups is 1. The molecule has 2 saturated carbocycles. The Hall–Kier alpha value is -2.39. The van der Waals surface area contributed by atoms with Crippen molar-refractivity contribution in [2.45, 2.75) is 122 Å². The largest absolute Gasteiger partial charge is 0.377 e. The molecule has 1 unspecified atom stereocenters. The second kappa shape index (κ2) is 13.5. The summed E-state index contributed by atoms with van der Waals surface area (Å²) in [5.74, 6) is 7.77. The summed E-state index contributed by atoms with van der Waals surface area (Å²) in [6.45, 7) is 6.86. The molecule has 6 rings (SSSR count).